The molecule has 0 spiro atoms. The Balaban J connectivity index is 3.49. The predicted molar refractivity (Wildman–Crippen MR) is 122 cm³/mol. The molecule has 5 nitrogen and oxygen atoms in total. The second kappa shape index (κ2) is 20.6. The molecule has 0 heterocycles. The fourth-order valence-corrected chi connectivity index (χ4v) is 6.13. The molecule has 0 aliphatic rings. The average Bonchev–Trinajstić information content (AvgIpc) is 2.71. The number of carbonyl (C=O) groups excluding carboxylic acids is 1. The highest BCUT2D eigenvalue weighted by atomic mass is 28.4. The number of hydrogen-bond acceptors (Lipinski definition) is 5. The topological polar surface area (TPSA) is 54.0 Å². The summed E-state index contributed by atoms with van der Waals surface area (Å²) in [6.07, 6.45) is 16.1. The first kappa shape index (κ1) is 28.3. The van der Waals surface area contributed by atoms with Crippen LogP contribution in [0.2, 0.25) is 6.04 Å². The number of rotatable bonds is 22. The number of ether oxygens (including phenoxy) is 1. The minimum atomic E-state index is -2.43. The van der Waals surface area contributed by atoms with E-state index in [9.17, 15) is 4.79 Å². The largest absolute Gasteiger partial charge is 0.500 e. The van der Waals surface area contributed by atoms with Crippen LogP contribution < -0.4 is 0 Å². The third kappa shape index (κ3) is 16.8. The maximum absolute atomic E-state index is 10.9. The van der Waals surface area contributed by atoms with Gasteiger partial charge in [-0.15, -0.1) is 0 Å². The van der Waals surface area contributed by atoms with Crippen LogP contribution in [-0.2, 0) is 22.8 Å². The van der Waals surface area contributed by atoms with Gasteiger partial charge in [0, 0.05) is 31.9 Å². The molecule has 0 rings (SSSR count). The van der Waals surface area contributed by atoms with Crippen molar-refractivity contribution in [3.05, 3.63) is 12.7 Å². The Labute approximate surface area is 180 Å². The molecular formula is C23H46O5Si. The van der Waals surface area contributed by atoms with Crippen molar-refractivity contribution in [2.75, 3.05) is 26.4 Å². The standard InChI is InChI=1S/C23H46O5Si/c1-5-23(24)25-21-19-17-15-13-11-9-10-12-14-16-18-20-22-29(26-6-2,27-7-3)28-8-4/h5H,1,6-22H2,2-4H3. The molecule has 0 amide bonds. The molecule has 0 aliphatic carbocycles. The van der Waals surface area contributed by atoms with Gasteiger partial charge in [-0.05, 0) is 33.6 Å². The van der Waals surface area contributed by atoms with Crippen molar-refractivity contribution in [2.45, 2.75) is 104 Å². The van der Waals surface area contributed by atoms with Crippen molar-refractivity contribution in [3.63, 3.8) is 0 Å². The highest BCUT2D eigenvalue weighted by molar-refractivity contribution is 6.60. The van der Waals surface area contributed by atoms with E-state index >= 15 is 0 Å². The molecule has 0 unspecified atom stereocenters. The van der Waals surface area contributed by atoms with E-state index in [4.69, 9.17) is 18.0 Å². The predicted octanol–water partition coefficient (Wildman–Crippen LogP) is 6.45. The zero-order valence-electron chi connectivity index (χ0n) is 19.3. The highest BCUT2D eigenvalue weighted by Gasteiger charge is 2.39. The fourth-order valence-electron chi connectivity index (χ4n) is 3.44. The van der Waals surface area contributed by atoms with Crippen LogP contribution in [0.5, 0.6) is 0 Å². The van der Waals surface area contributed by atoms with Gasteiger partial charge in [0.05, 0.1) is 6.61 Å². The van der Waals surface area contributed by atoms with Crippen LogP contribution in [-0.4, -0.2) is 41.2 Å². The lowest BCUT2D eigenvalue weighted by Crippen LogP contribution is -2.45. The van der Waals surface area contributed by atoms with Gasteiger partial charge in [-0.1, -0.05) is 70.8 Å². The summed E-state index contributed by atoms with van der Waals surface area (Å²) in [7, 11) is -2.43. The molecule has 0 saturated carbocycles. The minimum Gasteiger partial charge on any atom is -0.463 e. The van der Waals surface area contributed by atoms with Gasteiger partial charge in [0.2, 0.25) is 0 Å². The molecule has 6 heteroatoms. The Morgan fingerprint density at radius 2 is 1.07 bits per heavy atom. The summed E-state index contributed by atoms with van der Waals surface area (Å²) in [6.45, 7) is 11.9. The Morgan fingerprint density at radius 3 is 1.45 bits per heavy atom. The van der Waals surface area contributed by atoms with E-state index in [2.05, 4.69) is 6.58 Å². The van der Waals surface area contributed by atoms with Crippen LogP contribution in [0.25, 0.3) is 0 Å². The lowest BCUT2D eigenvalue weighted by molar-refractivity contribution is -0.137. The number of unbranched alkanes of at least 4 members (excludes halogenated alkanes) is 11. The van der Waals surface area contributed by atoms with Crippen molar-refractivity contribution in [1.29, 1.82) is 0 Å². The molecule has 0 aromatic heterocycles. The SMILES string of the molecule is C=CC(=O)OCCCCCCCCCCCCCC[Si](OCC)(OCC)OCC. The van der Waals surface area contributed by atoms with E-state index in [1.165, 1.54) is 63.9 Å². The molecule has 0 bridgehead atoms. The molecule has 29 heavy (non-hydrogen) atoms. The van der Waals surface area contributed by atoms with Crippen molar-refractivity contribution >= 4 is 14.8 Å². The van der Waals surface area contributed by atoms with Crippen LogP contribution in [0.3, 0.4) is 0 Å². The van der Waals surface area contributed by atoms with Crippen molar-refractivity contribution in [3.8, 4) is 0 Å². The van der Waals surface area contributed by atoms with Crippen LogP contribution in [0.1, 0.15) is 97.8 Å². The third-order valence-electron chi connectivity index (χ3n) is 4.88. The first-order valence-corrected chi connectivity index (χ1v) is 13.8. The molecule has 172 valence electrons. The maximum atomic E-state index is 10.9. The first-order chi connectivity index (χ1) is 14.1. The Kier molecular flexibility index (Phi) is 20.1. The summed E-state index contributed by atoms with van der Waals surface area (Å²) in [4.78, 5) is 10.9. The van der Waals surface area contributed by atoms with Gasteiger partial charge < -0.3 is 18.0 Å². The Bertz CT molecular complexity index is 372. The summed E-state index contributed by atoms with van der Waals surface area (Å²) in [5, 5.41) is 0. The van der Waals surface area contributed by atoms with Crippen LogP contribution >= 0.6 is 0 Å². The van der Waals surface area contributed by atoms with Gasteiger partial charge in [-0.25, -0.2) is 4.79 Å². The molecule has 0 aromatic carbocycles. The van der Waals surface area contributed by atoms with Crippen molar-refractivity contribution in [1.82, 2.24) is 0 Å². The lowest BCUT2D eigenvalue weighted by atomic mass is 10.1. The molecular weight excluding hydrogens is 384 g/mol. The van der Waals surface area contributed by atoms with Gasteiger partial charge in [0.25, 0.3) is 0 Å². The lowest BCUT2D eigenvalue weighted by Gasteiger charge is -2.28. The molecule has 0 aliphatic heterocycles. The second-order valence-corrected chi connectivity index (χ2v) is 10.1. The number of hydrogen-bond donors (Lipinski definition) is 0. The Morgan fingerprint density at radius 1 is 0.690 bits per heavy atom. The molecule has 0 aromatic rings. The monoisotopic (exact) mass is 430 g/mol. The van der Waals surface area contributed by atoms with Crippen LogP contribution in [0.15, 0.2) is 12.7 Å². The van der Waals surface area contributed by atoms with Gasteiger partial charge in [0.15, 0.2) is 0 Å². The molecule has 0 atom stereocenters. The van der Waals surface area contributed by atoms with E-state index in [1.54, 1.807) is 0 Å². The van der Waals surface area contributed by atoms with E-state index < -0.39 is 8.80 Å². The van der Waals surface area contributed by atoms with E-state index in [0.717, 1.165) is 25.3 Å². The highest BCUT2D eigenvalue weighted by Crippen LogP contribution is 2.21. The smallest absolute Gasteiger partial charge is 0.463 e. The van der Waals surface area contributed by atoms with E-state index in [1.807, 2.05) is 20.8 Å². The number of esters is 1. The zero-order valence-corrected chi connectivity index (χ0v) is 20.3. The minimum absolute atomic E-state index is 0.315. The van der Waals surface area contributed by atoms with Crippen molar-refractivity contribution < 1.29 is 22.8 Å². The van der Waals surface area contributed by atoms with Gasteiger partial charge in [-0.2, -0.15) is 0 Å². The molecule has 0 fully saturated rings. The summed E-state index contributed by atoms with van der Waals surface area (Å²) < 4.78 is 22.7. The molecule has 0 N–H and O–H groups in total. The fraction of sp³-hybridized carbons (Fsp3) is 0.870. The second-order valence-electron chi connectivity index (χ2n) is 7.35. The van der Waals surface area contributed by atoms with Crippen LogP contribution in [0, 0.1) is 0 Å². The van der Waals surface area contributed by atoms with Gasteiger partial charge >= 0.3 is 14.8 Å². The third-order valence-corrected chi connectivity index (χ3v) is 8.03. The Hall–Kier alpha value is -0.693. The quantitative estimate of drug-likeness (QED) is 0.0855. The molecule has 0 saturated heterocycles. The summed E-state index contributed by atoms with van der Waals surface area (Å²) >= 11 is 0. The van der Waals surface area contributed by atoms with Gasteiger partial charge in [0.1, 0.15) is 0 Å². The molecule has 0 radical (unpaired) electrons. The van der Waals surface area contributed by atoms with Crippen molar-refractivity contribution in [2.24, 2.45) is 0 Å². The van der Waals surface area contributed by atoms with E-state index in [0.29, 0.717) is 26.4 Å². The van der Waals surface area contributed by atoms with Gasteiger partial charge in [-0.3, -0.25) is 0 Å². The summed E-state index contributed by atoms with van der Waals surface area (Å²) in [6, 6.07) is 0.940. The summed E-state index contributed by atoms with van der Waals surface area (Å²) in [5.41, 5.74) is 0. The zero-order chi connectivity index (χ0) is 21.6. The average molecular weight is 431 g/mol. The summed E-state index contributed by atoms with van der Waals surface area (Å²) in [5.74, 6) is -0.315. The normalized spacial score (nSPS) is 11.6. The number of carbonyl (C=O) groups is 1. The van der Waals surface area contributed by atoms with Crippen LogP contribution in [0.4, 0.5) is 0 Å². The maximum Gasteiger partial charge on any atom is 0.500 e. The first-order valence-electron chi connectivity index (χ1n) is 11.8. The van der Waals surface area contributed by atoms with E-state index in [-0.39, 0.29) is 5.97 Å².